The second kappa shape index (κ2) is 7.21. The molecule has 0 radical (unpaired) electrons. The number of rotatable bonds is 5. The van der Waals surface area contributed by atoms with Crippen molar-refractivity contribution in [2.24, 2.45) is 5.92 Å². The van der Waals surface area contributed by atoms with E-state index in [4.69, 9.17) is 21.1 Å². The Morgan fingerprint density at radius 1 is 1.35 bits per heavy atom. The van der Waals surface area contributed by atoms with Crippen LogP contribution in [0.4, 0.5) is 0 Å². The Morgan fingerprint density at radius 3 is 2.77 bits per heavy atom. The summed E-state index contributed by atoms with van der Waals surface area (Å²) >= 11 is 6.04. The van der Waals surface area contributed by atoms with E-state index in [1.54, 1.807) is 30.1 Å². The molecular weight excluding hydrogens is 360 g/mol. The first kappa shape index (κ1) is 18.0. The van der Waals surface area contributed by atoms with E-state index < -0.39 is 17.9 Å². The van der Waals surface area contributed by atoms with Crippen LogP contribution in [0.5, 0.6) is 0 Å². The van der Waals surface area contributed by atoms with Crippen molar-refractivity contribution >= 4 is 29.4 Å². The highest BCUT2D eigenvalue weighted by molar-refractivity contribution is 6.30. The zero-order valence-electron chi connectivity index (χ0n) is 13.9. The van der Waals surface area contributed by atoms with Gasteiger partial charge in [0.25, 0.3) is 0 Å². The molecule has 0 spiro atoms. The number of hydrogen-bond donors (Lipinski definition) is 2. The first-order valence-electron chi connectivity index (χ1n) is 7.97. The number of carboxylic acids is 1. The molecule has 1 aromatic heterocycles. The normalized spacial score (nSPS) is 19.6. The molecule has 26 heavy (non-hydrogen) atoms. The van der Waals surface area contributed by atoms with Crippen LogP contribution in [0.25, 0.3) is 0 Å². The van der Waals surface area contributed by atoms with Gasteiger partial charge < -0.3 is 19.7 Å². The van der Waals surface area contributed by atoms with Gasteiger partial charge >= 0.3 is 5.97 Å². The minimum atomic E-state index is -1.17. The van der Waals surface area contributed by atoms with E-state index in [1.807, 2.05) is 6.07 Å². The lowest BCUT2D eigenvalue weighted by molar-refractivity contribution is -0.128. The summed E-state index contributed by atoms with van der Waals surface area (Å²) < 4.78 is 5.12. The van der Waals surface area contributed by atoms with Gasteiger partial charge in [-0.15, -0.1) is 0 Å². The standard InChI is InChI=1S/C18H17ClN2O5/c1-21-15(22)8-13(16(21)10-3-2-4-11(19)7-10)17(23)20-9-12-5-6-14(26-12)18(24)25/h2-7,13,16H,8-9H2,1H3,(H,20,23)(H,24,25)/t13-,16-/m0/s1. The highest BCUT2D eigenvalue weighted by Crippen LogP contribution is 2.37. The van der Waals surface area contributed by atoms with Gasteiger partial charge in [-0.25, -0.2) is 4.79 Å². The van der Waals surface area contributed by atoms with Crippen LogP contribution in [0.1, 0.15) is 34.3 Å². The number of nitrogens with zero attached hydrogens (tertiary/aromatic N) is 1. The molecule has 2 atom stereocenters. The maximum Gasteiger partial charge on any atom is 0.371 e. The second-order valence-electron chi connectivity index (χ2n) is 6.10. The molecule has 0 saturated carbocycles. The fraction of sp³-hybridized carbons (Fsp3) is 0.278. The third-order valence-electron chi connectivity index (χ3n) is 4.42. The number of nitrogens with one attached hydrogen (secondary N) is 1. The van der Waals surface area contributed by atoms with Crippen LogP contribution >= 0.6 is 11.6 Å². The van der Waals surface area contributed by atoms with E-state index >= 15 is 0 Å². The molecule has 2 heterocycles. The smallest absolute Gasteiger partial charge is 0.371 e. The quantitative estimate of drug-likeness (QED) is 0.835. The van der Waals surface area contributed by atoms with Crippen molar-refractivity contribution in [2.75, 3.05) is 7.05 Å². The number of carbonyl (C=O) groups excluding carboxylic acids is 2. The van der Waals surface area contributed by atoms with Crippen molar-refractivity contribution in [3.8, 4) is 0 Å². The average Bonchev–Trinajstić information content (AvgIpc) is 3.18. The summed E-state index contributed by atoms with van der Waals surface area (Å²) in [5.41, 5.74) is 0.789. The Balaban J connectivity index is 1.73. The number of likely N-dealkylation sites (tertiary alicyclic amines) is 1. The number of carbonyl (C=O) groups is 3. The van der Waals surface area contributed by atoms with Crippen LogP contribution in [0.3, 0.4) is 0 Å². The number of halogens is 1. The van der Waals surface area contributed by atoms with Crippen molar-refractivity contribution < 1.29 is 23.9 Å². The lowest BCUT2D eigenvalue weighted by Crippen LogP contribution is -2.34. The van der Waals surface area contributed by atoms with Gasteiger partial charge in [0.1, 0.15) is 5.76 Å². The summed E-state index contributed by atoms with van der Waals surface area (Å²) in [6.07, 6.45) is 0.0953. The van der Waals surface area contributed by atoms with Crippen LogP contribution in [0.15, 0.2) is 40.8 Å². The first-order chi connectivity index (χ1) is 12.4. The van der Waals surface area contributed by atoms with E-state index in [-0.39, 0.29) is 30.5 Å². The molecular formula is C18H17ClN2O5. The minimum Gasteiger partial charge on any atom is -0.475 e. The zero-order chi connectivity index (χ0) is 18.8. The number of benzene rings is 1. The van der Waals surface area contributed by atoms with Gasteiger partial charge in [-0.2, -0.15) is 0 Å². The molecule has 2 aromatic rings. The molecule has 1 saturated heterocycles. The summed E-state index contributed by atoms with van der Waals surface area (Å²) in [6, 6.07) is 9.49. The predicted octanol–water partition coefficient (Wildman–Crippen LogP) is 2.47. The Kier molecular flexibility index (Phi) is 4.99. The van der Waals surface area contributed by atoms with Gasteiger partial charge in [0.05, 0.1) is 18.5 Å². The Labute approximate surface area is 154 Å². The molecule has 1 fully saturated rings. The van der Waals surface area contributed by atoms with Crippen molar-refractivity contribution in [3.63, 3.8) is 0 Å². The molecule has 8 heteroatoms. The largest absolute Gasteiger partial charge is 0.475 e. The predicted molar refractivity (Wildman–Crippen MR) is 92.6 cm³/mol. The summed E-state index contributed by atoms with van der Waals surface area (Å²) in [7, 11) is 1.66. The molecule has 0 unspecified atom stereocenters. The molecule has 0 aliphatic carbocycles. The molecule has 0 bridgehead atoms. The van der Waals surface area contributed by atoms with Crippen molar-refractivity contribution in [3.05, 3.63) is 58.5 Å². The van der Waals surface area contributed by atoms with Crippen LogP contribution in [0, 0.1) is 5.92 Å². The number of aromatic carboxylic acids is 1. The SMILES string of the molecule is CN1C(=O)C[C@H](C(=O)NCc2ccc(C(=O)O)o2)[C@@H]1c1cccc(Cl)c1. The van der Waals surface area contributed by atoms with Crippen LogP contribution in [-0.4, -0.2) is 34.8 Å². The summed E-state index contributed by atoms with van der Waals surface area (Å²) in [6.45, 7) is 0.0444. The van der Waals surface area contributed by atoms with E-state index in [0.717, 1.165) is 5.56 Å². The number of furan rings is 1. The summed E-state index contributed by atoms with van der Waals surface area (Å²) in [4.78, 5) is 37.2. The van der Waals surface area contributed by atoms with Gasteiger partial charge in [0.15, 0.2) is 0 Å². The minimum absolute atomic E-state index is 0.0444. The molecule has 3 rings (SSSR count). The average molecular weight is 377 g/mol. The van der Waals surface area contributed by atoms with E-state index in [9.17, 15) is 14.4 Å². The van der Waals surface area contributed by atoms with Gasteiger partial charge in [0.2, 0.25) is 17.6 Å². The monoisotopic (exact) mass is 376 g/mol. The lowest BCUT2D eigenvalue weighted by atomic mass is 9.93. The van der Waals surface area contributed by atoms with Crippen molar-refractivity contribution in [1.82, 2.24) is 10.2 Å². The lowest BCUT2D eigenvalue weighted by Gasteiger charge is -2.25. The maximum absolute atomic E-state index is 12.6. The topological polar surface area (TPSA) is 99.9 Å². The molecule has 2 amide bonds. The fourth-order valence-corrected chi connectivity index (χ4v) is 3.34. The van der Waals surface area contributed by atoms with Gasteiger partial charge in [0, 0.05) is 18.5 Å². The van der Waals surface area contributed by atoms with Crippen LogP contribution < -0.4 is 5.32 Å². The first-order valence-corrected chi connectivity index (χ1v) is 8.35. The highest BCUT2D eigenvalue weighted by atomic mass is 35.5. The number of amides is 2. The van der Waals surface area contributed by atoms with Gasteiger partial charge in [-0.3, -0.25) is 9.59 Å². The molecule has 1 aliphatic rings. The number of hydrogen-bond acceptors (Lipinski definition) is 4. The van der Waals surface area contributed by atoms with E-state index in [2.05, 4.69) is 5.32 Å². The van der Waals surface area contributed by atoms with Crippen molar-refractivity contribution in [1.29, 1.82) is 0 Å². The van der Waals surface area contributed by atoms with Gasteiger partial charge in [-0.1, -0.05) is 23.7 Å². The van der Waals surface area contributed by atoms with Crippen molar-refractivity contribution in [2.45, 2.75) is 19.0 Å². The van der Waals surface area contributed by atoms with Crippen LogP contribution in [0.2, 0.25) is 5.02 Å². The van der Waals surface area contributed by atoms with Gasteiger partial charge in [-0.05, 0) is 29.8 Å². The zero-order valence-corrected chi connectivity index (χ0v) is 14.7. The molecule has 1 aromatic carbocycles. The third kappa shape index (κ3) is 3.57. The Bertz CT molecular complexity index is 863. The van der Waals surface area contributed by atoms with Crippen LogP contribution in [-0.2, 0) is 16.1 Å². The van der Waals surface area contributed by atoms with E-state index in [1.165, 1.54) is 12.1 Å². The molecule has 7 nitrogen and oxygen atoms in total. The fourth-order valence-electron chi connectivity index (χ4n) is 3.14. The number of carboxylic acid groups (broad SMARTS) is 1. The third-order valence-corrected chi connectivity index (χ3v) is 4.66. The maximum atomic E-state index is 12.6. The Hall–Kier alpha value is -2.80. The summed E-state index contributed by atoms with van der Waals surface area (Å²) in [5.74, 6) is -2.04. The molecule has 136 valence electrons. The second-order valence-corrected chi connectivity index (χ2v) is 6.54. The highest BCUT2D eigenvalue weighted by Gasteiger charge is 2.42. The summed E-state index contributed by atoms with van der Waals surface area (Å²) in [5, 5.41) is 12.1. The molecule has 2 N–H and O–H groups in total. The van der Waals surface area contributed by atoms with E-state index in [0.29, 0.717) is 10.8 Å². The Morgan fingerprint density at radius 2 is 2.12 bits per heavy atom. The molecule has 1 aliphatic heterocycles.